The van der Waals surface area contributed by atoms with Gasteiger partial charge in [-0.05, 0) is 54.4 Å². The molecule has 0 bridgehead atoms. The van der Waals surface area contributed by atoms with Crippen LogP contribution in [0.1, 0.15) is 40.5 Å². The van der Waals surface area contributed by atoms with Crippen molar-refractivity contribution in [1.29, 1.82) is 0 Å². The molecule has 2 atom stereocenters. The predicted octanol–water partition coefficient (Wildman–Crippen LogP) is 5.37. The minimum atomic E-state index is -0.983. The molecule has 0 saturated carbocycles. The van der Waals surface area contributed by atoms with Crippen molar-refractivity contribution in [2.24, 2.45) is 5.18 Å². The number of nitroso groups, excluding NO2 is 1. The Morgan fingerprint density at radius 1 is 0.944 bits per heavy atom. The van der Waals surface area contributed by atoms with E-state index in [2.05, 4.69) is 5.18 Å². The molecule has 0 radical (unpaired) electrons. The summed E-state index contributed by atoms with van der Waals surface area (Å²) in [5, 5.41) is 3.42. The van der Waals surface area contributed by atoms with Gasteiger partial charge in [-0.15, -0.1) is 4.91 Å². The van der Waals surface area contributed by atoms with E-state index in [0.717, 1.165) is 5.56 Å². The van der Waals surface area contributed by atoms with Crippen LogP contribution in [0, 0.1) is 4.91 Å². The average Bonchev–Trinajstić information content (AvgIpc) is 3.21. The van der Waals surface area contributed by atoms with Gasteiger partial charge in [0.15, 0.2) is 5.76 Å². The van der Waals surface area contributed by atoms with Gasteiger partial charge < -0.3 is 14.2 Å². The third kappa shape index (κ3) is 4.57. The highest BCUT2D eigenvalue weighted by Crippen LogP contribution is 2.48. The van der Waals surface area contributed by atoms with Crippen molar-refractivity contribution < 1.29 is 23.8 Å². The molecule has 0 aromatic heterocycles. The fourth-order valence-electron chi connectivity index (χ4n) is 4.38. The Morgan fingerprint density at radius 3 is 2.17 bits per heavy atom. The topological polar surface area (TPSA) is 94.5 Å². The molecule has 184 valence electrons. The average molecular weight is 487 g/mol. The van der Waals surface area contributed by atoms with E-state index in [4.69, 9.17) is 14.2 Å². The van der Waals surface area contributed by atoms with Gasteiger partial charge in [0.1, 0.15) is 11.8 Å². The van der Waals surface area contributed by atoms with Crippen molar-refractivity contribution in [3.63, 3.8) is 0 Å². The summed E-state index contributed by atoms with van der Waals surface area (Å²) in [5.41, 5.74) is 2.72. The lowest BCUT2D eigenvalue weighted by Gasteiger charge is -2.28. The second kappa shape index (κ2) is 10.9. The normalized spacial score (nSPS) is 16.0. The maximum absolute atomic E-state index is 13.7. The van der Waals surface area contributed by atoms with Gasteiger partial charge in [0.2, 0.25) is 0 Å². The van der Waals surface area contributed by atoms with Crippen LogP contribution < -0.4 is 9.64 Å². The number of carbonyl (C=O) groups excluding carboxylic acids is 2. The lowest BCUT2D eigenvalue weighted by molar-refractivity contribution is -0.117. The van der Waals surface area contributed by atoms with Crippen molar-refractivity contribution in [2.75, 3.05) is 25.7 Å². The van der Waals surface area contributed by atoms with Crippen molar-refractivity contribution in [2.45, 2.75) is 19.0 Å². The van der Waals surface area contributed by atoms with Crippen molar-refractivity contribution >= 4 is 17.6 Å². The Balaban J connectivity index is 1.83. The second-order valence-electron chi connectivity index (χ2n) is 8.03. The maximum atomic E-state index is 13.7. The number of rotatable bonds is 9. The molecule has 0 aliphatic carbocycles. The molecular formula is C28H26N2O6. The zero-order valence-electron chi connectivity index (χ0n) is 20.2. The Labute approximate surface area is 209 Å². The summed E-state index contributed by atoms with van der Waals surface area (Å²) in [5.74, 6) is -0.168. The van der Waals surface area contributed by atoms with E-state index in [1.807, 2.05) is 30.3 Å². The largest absolute Gasteiger partial charge is 0.497 e. The highest BCUT2D eigenvalue weighted by Gasteiger charge is 2.46. The van der Waals surface area contributed by atoms with Crippen molar-refractivity contribution in [3.8, 4) is 5.75 Å². The summed E-state index contributed by atoms with van der Waals surface area (Å²) in [4.78, 5) is 39.6. The van der Waals surface area contributed by atoms with E-state index >= 15 is 0 Å². The molecule has 1 heterocycles. The number of hydrogen-bond donors (Lipinski definition) is 0. The molecule has 2 unspecified atom stereocenters. The number of anilines is 1. The third-order valence-corrected chi connectivity index (χ3v) is 6.04. The highest BCUT2D eigenvalue weighted by atomic mass is 16.5. The number of carbonyl (C=O) groups is 2. The Bertz CT molecular complexity index is 1270. The standard InChI is InChI=1S/C28H26N2O6/c1-4-36-28(32)20-10-14-21(15-11-20)30-25(19-8-6-5-7-9-19)23(26(35-3)27(30)31)24(29-33)18-12-16-22(34-2)17-13-18/h5-17,24-25H,4H2,1-3H3. The van der Waals surface area contributed by atoms with Crippen LogP contribution in [-0.2, 0) is 14.3 Å². The minimum absolute atomic E-state index is 0.0544. The fraction of sp³-hybridized carbons (Fsp3) is 0.214. The van der Waals surface area contributed by atoms with Gasteiger partial charge in [-0.2, -0.15) is 0 Å². The van der Waals surface area contributed by atoms with Gasteiger partial charge in [0, 0.05) is 11.3 Å². The minimum Gasteiger partial charge on any atom is -0.497 e. The van der Waals surface area contributed by atoms with E-state index in [9.17, 15) is 14.5 Å². The molecule has 1 aliphatic rings. The zero-order chi connectivity index (χ0) is 25.7. The lowest BCUT2D eigenvalue weighted by Crippen LogP contribution is -2.31. The van der Waals surface area contributed by atoms with Gasteiger partial charge in [-0.3, -0.25) is 9.69 Å². The number of amides is 1. The molecule has 0 fully saturated rings. The van der Waals surface area contributed by atoms with E-state index in [1.54, 1.807) is 67.5 Å². The van der Waals surface area contributed by atoms with Crippen LogP contribution in [0.5, 0.6) is 5.75 Å². The van der Waals surface area contributed by atoms with Crippen molar-refractivity contribution in [3.05, 3.63) is 112 Å². The maximum Gasteiger partial charge on any atom is 0.338 e. The molecule has 0 spiro atoms. The first-order valence-corrected chi connectivity index (χ1v) is 11.4. The molecule has 1 aliphatic heterocycles. The second-order valence-corrected chi connectivity index (χ2v) is 8.03. The van der Waals surface area contributed by atoms with Crippen LogP contribution in [0.2, 0.25) is 0 Å². The fourth-order valence-corrected chi connectivity index (χ4v) is 4.38. The van der Waals surface area contributed by atoms with Crippen LogP contribution >= 0.6 is 0 Å². The van der Waals surface area contributed by atoms with Gasteiger partial charge in [-0.1, -0.05) is 47.6 Å². The first-order chi connectivity index (χ1) is 17.5. The summed E-state index contributed by atoms with van der Waals surface area (Å²) in [6, 6.07) is 21.2. The molecule has 8 heteroatoms. The molecule has 36 heavy (non-hydrogen) atoms. The van der Waals surface area contributed by atoms with E-state index in [-0.39, 0.29) is 12.4 Å². The predicted molar refractivity (Wildman–Crippen MR) is 135 cm³/mol. The number of methoxy groups -OCH3 is 2. The third-order valence-electron chi connectivity index (χ3n) is 6.04. The molecule has 0 saturated heterocycles. The zero-order valence-corrected chi connectivity index (χ0v) is 20.2. The number of esters is 1. The molecular weight excluding hydrogens is 460 g/mol. The highest BCUT2D eigenvalue weighted by molar-refractivity contribution is 6.09. The van der Waals surface area contributed by atoms with Gasteiger partial charge in [0.25, 0.3) is 5.91 Å². The molecule has 0 N–H and O–H groups in total. The quantitative estimate of drug-likeness (QED) is 0.298. The van der Waals surface area contributed by atoms with E-state index in [0.29, 0.717) is 28.1 Å². The summed E-state index contributed by atoms with van der Waals surface area (Å²) in [6.45, 7) is 2.00. The summed E-state index contributed by atoms with van der Waals surface area (Å²) < 4.78 is 15.9. The van der Waals surface area contributed by atoms with E-state index < -0.39 is 24.0 Å². The first-order valence-electron chi connectivity index (χ1n) is 11.4. The summed E-state index contributed by atoms with van der Waals surface area (Å²) >= 11 is 0. The van der Waals surface area contributed by atoms with Crippen LogP contribution in [0.3, 0.4) is 0 Å². The number of ether oxygens (including phenoxy) is 3. The van der Waals surface area contributed by atoms with Crippen molar-refractivity contribution in [1.82, 2.24) is 0 Å². The molecule has 3 aromatic carbocycles. The lowest BCUT2D eigenvalue weighted by atomic mass is 9.90. The molecule has 4 rings (SSSR count). The van der Waals surface area contributed by atoms with Gasteiger partial charge in [0.05, 0.1) is 32.4 Å². The van der Waals surface area contributed by atoms with Crippen LogP contribution in [-0.4, -0.2) is 32.7 Å². The number of nitrogens with zero attached hydrogens (tertiary/aromatic N) is 2. The first kappa shape index (κ1) is 24.7. The Kier molecular flexibility index (Phi) is 7.44. The summed E-state index contributed by atoms with van der Waals surface area (Å²) in [6.07, 6.45) is 0. The van der Waals surface area contributed by atoms with Crippen LogP contribution in [0.15, 0.2) is 95.4 Å². The summed E-state index contributed by atoms with van der Waals surface area (Å²) in [7, 11) is 2.96. The Hall–Kier alpha value is -4.46. The number of benzene rings is 3. The molecule has 1 amide bonds. The SMILES string of the molecule is CCOC(=O)c1ccc(N2C(=O)C(OC)=C(C(N=O)c3ccc(OC)cc3)C2c2ccccc2)cc1. The van der Waals surface area contributed by atoms with Gasteiger partial charge in [-0.25, -0.2) is 4.79 Å². The number of hydrogen-bond acceptors (Lipinski definition) is 7. The van der Waals surface area contributed by atoms with E-state index in [1.165, 1.54) is 7.11 Å². The van der Waals surface area contributed by atoms with Crippen LogP contribution in [0.4, 0.5) is 5.69 Å². The van der Waals surface area contributed by atoms with Crippen LogP contribution in [0.25, 0.3) is 0 Å². The Morgan fingerprint density at radius 2 is 1.61 bits per heavy atom. The monoisotopic (exact) mass is 486 g/mol. The smallest absolute Gasteiger partial charge is 0.338 e. The van der Waals surface area contributed by atoms with Gasteiger partial charge >= 0.3 is 5.97 Å². The molecule has 8 nitrogen and oxygen atoms in total. The molecule has 3 aromatic rings.